The van der Waals surface area contributed by atoms with Gasteiger partial charge in [0, 0.05) is 0 Å². The molecule has 0 rings (SSSR count). The zero-order valence-corrected chi connectivity index (χ0v) is 5.48. The van der Waals surface area contributed by atoms with Crippen molar-refractivity contribution in [1.29, 1.82) is 0 Å². The second-order valence-electron chi connectivity index (χ2n) is 0.973. The zero-order chi connectivity index (χ0) is 4.83. The van der Waals surface area contributed by atoms with Gasteiger partial charge in [0.1, 0.15) is 0 Å². The Hall–Kier alpha value is 0.0995. The van der Waals surface area contributed by atoms with Crippen LogP contribution >= 0.6 is 0 Å². The fourth-order valence-electron chi connectivity index (χ4n) is 0.157. The number of nitrogens with zero attached hydrogens (tertiary/aromatic N) is 1. The first kappa shape index (κ1) is 6.10. The van der Waals surface area contributed by atoms with E-state index in [9.17, 15) is 0 Å². The van der Waals surface area contributed by atoms with Gasteiger partial charge < -0.3 is 0 Å². The molecule has 0 bridgehead atoms. The molecule has 0 spiro atoms. The molecule has 0 unspecified atom stereocenters. The van der Waals surface area contributed by atoms with Crippen molar-refractivity contribution in [3.05, 3.63) is 0 Å². The molecule has 2 heteroatoms. The maximum atomic E-state index is 3.78. The molecule has 34 valence electrons. The molecular formula is C4H7NSe. The van der Waals surface area contributed by atoms with Crippen molar-refractivity contribution in [3.8, 4) is 0 Å². The monoisotopic (exact) mass is 149 g/mol. The van der Waals surface area contributed by atoms with Gasteiger partial charge in [0.05, 0.1) is 0 Å². The van der Waals surface area contributed by atoms with Gasteiger partial charge >= 0.3 is 45.2 Å². The normalized spacial score (nSPS) is 6.83. The summed E-state index contributed by atoms with van der Waals surface area (Å²) >= 11 is 2.56. The van der Waals surface area contributed by atoms with E-state index < -0.39 is 0 Å². The van der Waals surface area contributed by atoms with Crippen molar-refractivity contribution in [2.75, 3.05) is 6.54 Å². The van der Waals surface area contributed by atoms with E-state index in [0.29, 0.717) is 0 Å². The van der Waals surface area contributed by atoms with E-state index in [1.807, 2.05) is 0 Å². The Labute approximate surface area is 45.8 Å². The van der Waals surface area contributed by atoms with Crippen molar-refractivity contribution < 1.29 is 0 Å². The molecule has 6 heavy (non-hydrogen) atoms. The van der Waals surface area contributed by atoms with E-state index in [1.165, 1.54) is 0 Å². The third kappa shape index (κ3) is 4.10. The molecular weight excluding hydrogens is 141 g/mol. The fourth-order valence-corrected chi connectivity index (χ4v) is 0.349. The second-order valence-corrected chi connectivity index (χ2v) is 1.36. The molecule has 0 saturated heterocycles. The standard InChI is InChI=1S/C4H7NSe/c1-2-3-5-4-6/h2-3H2,1H3. The number of hydrogen-bond donors (Lipinski definition) is 0. The number of hydrogen-bond acceptors (Lipinski definition) is 1. The van der Waals surface area contributed by atoms with E-state index in [1.54, 1.807) is 0 Å². The van der Waals surface area contributed by atoms with Gasteiger partial charge in [-0.3, -0.25) is 0 Å². The molecule has 0 aromatic rings. The van der Waals surface area contributed by atoms with Gasteiger partial charge in [0.15, 0.2) is 0 Å². The van der Waals surface area contributed by atoms with E-state index in [2.05, 4.69) is 32.2 Å². The molecule has 0 saturated carbocycles. The Morgan fingerprint density at radius 3 is 2.67 bits per heavy atom. The predicted octanol–water partition coefficient (Wildman–Crippen LogP) is 0.470. The third-order valence-electron chi connectivity index (χ3n) is 0.400. The van der Waals surface area contributed by atoms with Gasteiger partial charge in [-0.15, -0.1) is 0 Å². The summed E-state index contributed by atoms with van der Waals surface area (Å²) in [4.78, 5) is 3.78. The van der Waals surface area contributed by atoms with Crippen LogP contribution in [0.25, 0.3) is 0 Å². The second kappa shape index (κ2) is 5.10. The first-order valence-electron chi connectivity index (χ1n) is 1.95. The van der Waals surface area contributed by atoms with Crippen LogP contribution < -0.4 is 0 Å². The average molecular weight is 148 g/mol. The SMILES string of the molecule is CCCN=C=[Se]. The van der Waals surface area contributed by atoms with Crippen LogP contribution in [0.4, 0.5) is 0 Å². The van der Waals surface area contributed by atoms with E-state index >= 15 is 0 Å². The van der Waals surface area contributed by atoms with Crippen LogP contribution in [-0.2, 0) is 0 Å². The van der Waals surface area contributed by atoms with Gasteiger partial charge in [-0.1, -0.05) is 0 Å². The Morgan fingerprint density at radius 2 is 2.50 bits per heavy atom. The molecule has 0 aliphatic carbocycles. The first-order chi connectivity index (χ1) is 2.91. The molecule has 0 N–H and O–H groups in total. The number of aliphatic imine (C=N–C) groups is 1. The third-order valence-corrected chi connectivity index (χ3v) is 0.671. The van der Waals surface area contributed by atoms with Crippen molar-refractivity contribution in [2.24, 2.45) is 4.99 Å². The summed E-state index contributed by atoms with van der Waals surface area (Å²) in [5.41, 5.74) is 0. The molecule has 0 fully saturated rings. The minimum absolute atomic E-state index is 0.896. The van der Waals surface area contributed by atoms with Gasteiger partial charge in [-0.25, -0.2) is 0 Å². The van der Waals surface area contributed by atoms with Crippen LogP contribution in [0.1, 0.15) is 13.3 Å². The van der Waals surface area contributed by atoms with Gasteiger partial charge in [-0.05, 0) is 0 Å². The van der Waals surface area contributed by atoms with Crippen molar-refractivity contribution >= 4 is 20.3 Å². The Kier molecular flexibility index (Phi) is 5.18. The molecule has 1 nitrogen and oxygen atoms in total. The quantitative estimate of drug-likeness (QED) is 0.398. The molecule has 0 radical (unpaired) electrons. The van der Waals surface area contributed by atoms with Crippen molar-refractivity contribution in [1.82, 2.24) is 0 Å². The van der Waals surface area contributed by atoms with E-state index in [4.69, 9.17) is 0 Å². The summed E-state index contributed by atoms with van der Waals surface area (Å²) in [6.07, 6.45) is 1.11. The average Bonchev–Trinajstić information content (AvgIpc) is 1.61. The zero-order valence-electron chi connectivity index (χ0n) is 3.77. The van der Waals surface area contributed by atoms with Crippen LogP contribution in [-0.4, -0.2) is 26.8 Å². The molecule has 0 heterocycles. The summed E-state index contributed by atoms with van der Waals surface area (Å²) in [6, 6.07) is 0. The molecule has 0 aliphatic rings. The van der Waals surface area contributed by atoms with Crippen molar-refractivity contribution in [3.63, 3.8) is 0 Å². The van der Waals surface area contributed by atoms with Crippen LogP contribution in [0.2, 0.25) is 0 Å². The summed E-state index contributed by atoms with van der Waals surface area (Å²) in [6.45, 7) is 2.98. The Morgan fingerprint density at radius 1 is 1.83 bits per heavy atom. The van der Waals surface area contributed by atoms with Crippen LogP contribution in [0, 0.1) is 0 Å². The van der Waals surface area contributed by atoms with Crippen LogP contribution in [0.15, 0.2) is 4.99 Å². The first-order valence-corrected chi connectivity index (χ1v) is 2.81. The Bertz CT molecular complexity index is 63.9. The summed E-state index contributed by atoms with van der Waals surface area (Å²) in [7, 11) is 0. The van der Waals surface area contributed by atoms with Gasteiger partial charge in [0.25, 0.3) is 0 Å². The van der Waals surface area contributed by atoms with Crippen LogP contribution in [0.5, 0.6) is 0 Å². The van der Waals surface area contributed by atoms with Crippen LogP contribution in [0.3, 0.4) is 0 Å². The fraction of sp³-hybridized carbons (Fsp3) is 0.750. The topological polar surface area (TPSA) is 12.4 Å². The molecule has 0 aromatic carbocycles. The number of rotatable bonds is 2. The molecule has 0 amide bonds. The Balaban J connectivity index is 2.86. The summed E-state index contributed by atoms with van der Waals surface area (Å²) in [5.74, 6) is 0. The van der Waals surface area contributed by atoms with E-state index in [0.717, 1.165) is 13.0 Å². The predicted molar refractivity (Wildman–Crippen MR) is 28.3 cm³/mol. The summed E-state index contributed by atoms with van der Waals surface area (Å²) < 4.78 is 2.57. The van der Waals surface area contributed by atoms with E-state index in [-0.39, 0.29) is 0 Å². The van der Waals surface area contributed by atoms with Crippen molar-refractivity contribution in [2.45, 2.75) is 13.3 Å². The molecule has 0 atom stereocenters. The van der Waals surface area contributed by atoms with Gasteiger partial charge in [-0.2, -0.15) is 0 Å². The summed E-state index contributed by atoms with van der Waals surface area (Å²) in [5, 5.41) is 0. The van der Waals surface area contributed by atoms with Gasteiger partial charge in [0.2, 0.25) is 0 Å². The maximum absolute atomic E-state index is 3.78. The molecule has 0 aromatic heterocycles. The molecule has 0 aliphatic heterocycles. The minimum atomic E-state index is 0.896.